The molecule has 8 heteroatoms. The average Bonchev–Trinajstić information content (AvgIpc) is 3.08. The Morgan fingerprint density at radius 2 is 1.80 bits per heavy atom. The number of halogens is 1. The Morgan fingerprint density at radius 3 is 2.50 bits per heavy atom. The topological polar surface area (TPSA) is 92.5 Å². The van der Waals surface area contributed by atoms with E-state index in [1.54, 1.807) is 18.2 Å². The summed E-state index contributed by atoms with van der Waals surface area (Å²) in [6.45, 7) is 4.81. The molecule has 158 valence electrons. The number of amides is 2. The highest BCUT2D eigenvalue weighted by atomic mass is 79.9. The quantitative estimate of drug-likeness (QED) is 0.442. The number of fused-ring (bicyclic) bond motifs is 1. The van der Waals surface area contributed by atoms with E-state index in [0.29, 0.717) is 39.8 Å². The number of methoxy groups -OCH3 is 1. The first-order valence-electron chi connectivity index (χ1n) is 9.58. The lowest BCUT2D eigenvalue weighted by Crippen LogP contribution is -2.41. The molecule has 0 aliphatic heterocycles. The minimum Gasteiger partial charge on any atom is -0.493 e. The van der Waals surface area contributed by atoms with Gasteiger partial charge in [-0.3, -0.25) is 20.4 Å². The van der Waals surface area contributed by atoms with Crippen LogP contribution in [0.25, 0.3) is 10.9 Å². The number of ether oxygens (including phenoxy) is 2. The van der Waals surface area contributed by atoms with E-state index in [1.165, 1.54) is 7.11 Å². The van der Waals surface area contributed by atoms with E-state index in [0.717, 1.165) is 17.3 Å². The molecule has 7 nitrogen and oxygen atoms in total. The molecule has 0 unspecified atom stereocenters. The number of hydrazine groups is 1. The molecule has 0 spiro atoms. The van der Waals surface area contributed by atoms with Crippen LogP contribution in [-0.2, 0) is 0 Å². The van der Waals surface area contributed by atoms with E-state index < -0.39 is 11.8 Å². The van der Waals surface area contributed by atoms with Gasteiger partial charge in [0.15, 0.2) is 11.5 Å². The zero-order chi connectivity index (χ0) is 21.7. The maximum absolute atomic E-state index is 12.5. The molecular formula is C22H24BrN3O4. The van der Waals surface area contributed by atoms with Gasteiger partial charge in [-0.15, -0.1) is 0 Å². The number of carbonyl (C=O) groups is 2. The van der Waals surface area contributed by atoms with Crippen LogP contribution < -0.4 is 20.3 Å². The van der Waals surface area contributed by atoms with Crippen LogP contribution in [0.15, 0.2) is 46.9 Å². The fraction of sp³-hybridized carbons (Fsp3) is 0.273. The number of rotatable bonds is 7. The highest BCUT2D eigenvalue weighted by molar-refractivity contribution is 9.10. The third-order valence-electron chi connectivity index (χ3n) is 4.54. The standard InChI is InChI=1S/C22H24BrN3O4/c1-13(2)10-11-30-17-9-8-14(12-18(17)29-3)21(27)25-26-22(28)20-19(23)15-6-4-5-7-16(15)24-20/h4-9,12-13,24H,10-11H2,1-3H3,(H,25,27)(H,26,28). The molecule has 2 amide bonds. The summed E-state index contributed by atoms with van der Waals surface area (Å²) in [4.78, 5) is 28.0. The van der Waals surface area contributed by atoms with Crippen molar-refractivity contribution in [3.63, 3.8) is 0 Å². The van der Waals surface area contributed by atoms with Crippen LogP contribution in [0.2, 0.25) is 0 Å². The number of benzene rings is 2. The second kappa shape index (κ2) is 9.67. The molecule has 0 aliphatic carbocycles. The predicted molar refractivity (Wildman–Crippen MR) is 119 cm³/mol. The first-order valence-corrected chi connectivity index (χ1v) is 10.4. The van der Waals surface area contributed by atoms with Crippen molar-refractivity contribution in [3.8, 4) is 11.5 Å². The molecule has 3 N–H and O–H groups in total. The van der Waals surface area contributed by atoms with Crippen molar-refractivity contribution in [1.82, 2.24) is 15.8 Å². The second-order valence-corrected chi connectivity index (χ2v) is 7.96. The van der Waals surface area contributed by atoms with E-state index in [9.17, 15) is 9.59 Å². The molecule has 0 radical (unpaired) electrons. The molecule has 0 aliphatic rings. The number of hydrogen-bond acceptors (Lipinski definition) is 4. The van der Waals surface area contributed by atoms with Gasteiger partial charge in [0.1, 0.15) is 5.69 Å². The van der Waals surface area contributed by atoms with Gasteiger partial charge in [-0.05, 0) is 52.5 Å². The predicted octanol–water partition coefficient (Wildman–Crippen LogP) is 4.44. The monoisotopic (exact) mass is 473 g/mol. The molecule has 0 saturated carbocycles. The van der Waals surface area contributed by atoms with Gasteiger partial charge in [0.2, 0.25) is 0 Å². The molecule has 30 heavy (non-hydrogen) atoms. The summed E-state index contributed by atoms with van der Waals surface area (Å²) in [5.74, 6) is 0.619. The van der Waals surface area contributed by atoms with Gasteiger partial charge in [0.25, 0.3) is 11.8 Å². The minimum absolute atomic E-state index is 0.322. The first kappa shape index (κ1) is 21.7. The van der Waals surface area contributed by atoms with Crippen molar-refractivity contribution in [3.05, 3.63) is 58.2 Å². The smallest absolute Gasteiger partial charge is 0.287 e. The fourth-order valence-corrected chi connectivity index (χ4v) is 3.47. The van der Waals surface area contributed by atoms with Crippen molar-refractivity contribution in [2.45, 2.75) is 20.3 Å². The zero-order valence-corrected chi connectivity index (χ0v) is 18.6. The van der Waals surface area contributed by atoms with E-state index in [4.69, 9.17) is 9.47 Å². The number of H-pyrrole nitrogens is 1. The van der Waals surface area contributed by atoms with Crippen LogP contribution >= 0.6 is 15.9 Å². The number of hydrogen-bond donors (Lipinski definition) is 3. The Bertz CT molecular complexity index is 1060. The Morgan fingerprint density at radius 1 is 1.07 bits per heavy atom. The largest absolute Gasteiger partial charge is 0.493 e. The van der Waals surface area contributed by atoms with Crippen LogP contribution in [0.4, 0.5) is 0 Å². The van der Waals surface area contributed by atoms with Gasteiger partial charge < -0.3 is 14.5 Å². The van der Waals surface area contributed by atoms with Crippen molar-refractivity contribution in [1.29, 1.82) is 0 Å². The second-order valence-electron chi connectivity index (χ2n) is 7.16. The van der Waals surface area contributed by atoms with Crippen molar-refractivity contribution in [2.75, 3.05) is 13.7 Å². The molecule has 3 rings (SSSR count). The lowest BCUT2D eigenvalue weighted by molar-refractivity contribution is 0.0844. The minimum atomic E-state index is -0.470. The van der Waals surface area contributed by atoms with Gasteiger partial charge in [0.05, 0.1) is 18.2 Å². The molecule has 1 aromatic heterocycles. The summed E-state index contributed by atoms with van der Waals surface area (Å²) < 4.78 is 11.7. The molecule has 0 saturated heterocycles. The van der Waals surface area contributed by atoms with Gasteiger partial charge in [-0.25, -0.2) is 0 Å². The SMILES string of the molecule is COc1cc(C(=O)NNC(=O)c2[nH]c3ccccc3c2Br)ccc1OCCC(C)C. The van der Waals surface area contributed by atoms with Crippen molar-refractivity contribution >= 4 is 38.6 Å². The first-order chi connectivity index (χ1) is 14.4. The van der Waals surface area contributed by atoms with Crippen LogP contribution in [0, 0.1) is 5.92 Å². The van der Waals surface area contributed by atoms with Gasteiger partial charge in [-0.1, -0.05) is 32.0 Å². The molecule has 1 heterocycles. The van der Waals surface area contributed by atoms with E-state index in [1.807, 2.05) is 24.3 Å². The number of para-hydroxylation sites is 1. The van der Waals surface area contributed by atoms with Crippen LogP contribution in [0.5, 0.6) is 11.5 Å². The Balaban J connectivity index is 1.65. The van der Waals surface area contributed by atoms with Crippen LogP contribution in [-0.4, -0.2) is 30.5 Å². The normalized spacial score (nSPS) is 10.8. The Labute approximate surface area is 183 Å². The molecule has 2 aromatic carbocycles. The highest BCUT2D eigenvalue weighted by Crippen LogP contribution is 2.29. The fourth-order valence-electron chi connectivity index (χ4n) is 2.85. The van der Waals surface area contributed by atoms with Crippen LogP contribution in [0.1, 0.15) is 41.1 Å². The summed E-state index contributed by atoms with van der Waals surface area (Å²) in [6, 6.07) is 12.4. The van der Waals surface area contributed by atoms with E-state index in [2.05, 4.69) is 45.6 Å². The van der Waals surface area contributed by atoms with Gasteiger partial charge in [0, 0.05) is 16.5 Å². The highest BCUT2D eigenvalue weighted by Gasteiger charge is 2.17. The number of aromatic nitrogens is 1. The van der Waals surface area contributed by atoms with Crippen molar-refractivity contribution in [2.24, 2.45) is 5.92 Å². The van der Waals surface area contributed by atoms with E-state index >= 15 is 0 Å². The summed E-state index contributed by atoms with van der Waals surface area (Å²) >= 11 is 3.43. The third kappa shape index (κ3) is 4.94. The molecule has 0 fully saturated rings. The van der Waals surface area contributed by atoms with Crippen molar-refractivity contribution < 1.29 is 19.1 Å². The summed E-state index contributed by atoms with van der Waals surface area (Å²) in [7, 11) is 1.52. The lowest BCUT2D eigenvalue weighted by Gasteiger charge is -2.13. The number of carbonyl (C=O) groups excluding carboxylic acids is 2. The Hall–Kier alpha value is -3.00. The Kier molecular flexibility index (Phi) is 6.99. The lowest BCUT2D eigenvalue weighted by atomic mass is 10.1. The molecule has 3 aromatic rings. The summed E-state index contributed by atoms with van der Waals surface area (Å²) in [5, 5.41) is 0.881. The maximum atomic E-state index is 12.5. The van der Waals surface area contributed by atoms with Gasteiger partial charge >= 0.3 is 0 Å². The number of nitrogens with one attached hydrogen (secondary N) is 3. The molecule has 0 bridgehead atoms. The zero-order valence-electron chi connectivity index (χ0n) is 17.0. The van der Waals surface area contributed by atoms with Gasteiger partial charge in [-0.2, -0.15) is 0 Å². The maximum Gasteiger partial charge on any atom is 0.287 e. The third-order valence-corrected chi connectivity index (χ3v) is 5.36. The molecular weight excluding hydrogens is 450 g/mol. The summed E-state index contributed by atoms with van der Waals surface area (Å²) in [6.07, 6.45) is 0.917. The van der Waals surface area contributed by atoms with E-state index in [-0.39, 0.29) is 0 Å². The number of aromatic amines is 1. The average molecular weight is 474 g/mol. The van der Waals surface area contributed by atoms with Crippen LogP contribution in [0.3, 0.4) is 0 Å². The summed E-state index contributed by atoms with van der Waals surface area (Å²) in [5.41, 5.74) is 6.32. The molecule has 0 atom stereocenters.